The minimum Gasteiger partial charge on any atom is -0.355 e. The minimum absolute atomic E-state index is 0.146. The van der Waals surface area contributed by atoms with E-state index in [1.807, 2.05) is 28.7 Å². The molecule has 2 fully saturated rings. The number of hydrogen-bond donors (Lipinski definition) is 1. The number of piperidine rings is 1. The maximum atomic E-state index is 13.3. The van der Waals surface area contributed by atoms with Crippen LogP contribution < -0.4 is 15.6 Å². The van der Waals surface area contributed by atoms with Gasteiger partial charge in [0.05, 0.1) is 15.6 Å². The zero-order chi connectivity index (χ0) is 22.0. The number of fused-ring (bicyclic) bond motifs is 6. The highest BCUT2D eigenvalue weighted by Gasteiger charge is 2.37. The molecule has 1 N–H and O–H groups in total. The van der Waals surface area contributed by atoms with E-state index in [9.17, 15) is 9.59 Å². The van der Waals surface area contributed by atoms with Gasteiger partial charge in [0.2, 0.25) is 11.4 Å². The smallest absolute Gasteiger partial charge is 0.258 e. The van der Waals surface area contributed by atoms with Gasteiger partial charge in [-0.2, -0.15) is 4.98 Å². The van der Waals surface area contributed by atoms with Crippen LogP contribution in [0.1, 0.15) is 16.8 Å². The first-order valence-electron chi connectivity index (χ1n) is 10.9. The van der Waals surface area contributed by atoms with E-state index in [-0.39, 0.29) is 11.0 Å². The molecule has 0 saturated carbocycles. The second kappa shape index (κ2) is 7.25. The fourth-order valence-corrected chi connectivity index (χ4v) is 6.46. The summed E-state index contributed by atoms with van der Waals surface area (Å²) < 4.78 is 2.95. The van der Waals surface area contributed by atoms with Crippen molar-refractivity contribution in [3.05, 3.63) is 46.2 Å². The molecule has 0 aliphatic carbocycles. The number of hydrogen-bond acceptors (Lipinski definition) is 7. The van der Waals surface area contributed by atoms with Crippen molar-refractivity contribution in [2.75, 3.05) is 45.2 Å². The molecule has 4 aromatic rings. The average Bonchev–Trinajstić information content (AvgIpc) is 3.39. The summed E-state index contributed by atoms with van der Waals surface area (Å²) in [7, 11) is 3.72. The first-order valence-corrected chi connectivity index (χ1v) is 11.8. The monoisotopic (exact) mass is 448 g/mol. The number of likely N-dealkylation sites (tertiary alicyclic amines) is 1. The number of para-hydroxylation sites is 1. The van der Waals surface area contributed by atoms with Crippen LogP contribution in [0.15, 0.2) is 35.3 Å². The third-order valence-corrected chi connectivity index (χ3v) is 8.06. The van der Waals surface area contributed by atoms with E-state index in [2.05, 4.69) is 27.1 Å². The molecule has 2 aliphatic heterocycles. The Morgan fingerprint density at radius 3 is 2.84 bits per heavy atom. The number of carbonyl (C=O) groups is 1. The van der Waals surface area contributed by atoms with Gasteiger partial charge in [0, 0.05) is 32.9 Å². The van der Waals surface area contributed by atoms with Crippen molar-refractivity contribution < 1.29 is 4.79 Å². The van der Waals surface area contributed by atoms with Crippen LogP contribution in [0.4, 0.5) is 5.95 Å². The fraction of sp³-hybridized carbons (Fsp3) is 0.391. The van der Waals surface area contributed by atoms with Crippen LogP contribution >= 0.6 is 11.3 Å². The Bertz CT molecular complexity index is 1440. The molecule has 1 amide bonds. The predicted octanol–water partition coefficient (Wildman–Crippen LogP) is 2.20. The van der Waals surface area contributed by atoms with Gasteiger partial charge in [0.25, 0.3) is 5.91 Å². The van der Waals surface area contributed by atoms with Crippen molar-refractivity contribution in [1.82, 2.24) is 24.6 Å². The number of pyridine rings is 1. The van der Waals surface area contributed by atoms with Gasteiger partial charge < -0.3 is 15.1 Å². The maximum Gasteiger partial charge on any atom is 0.258 e. The lowest BCUT2D eigenvalue weighted by molar-refractivity contribution is 0.0963. The summed E-state index contributed by atoms with van der Waals surface area (Å²) in [6, 6.07) is 7.92. The second-order valence-corrected chi connectivity index (χ2v) is 9.91. The van der Waals surface area contributed by atoms with Crippen molar-refractivity contribution >= 4 is 49.3 Å². The van der Waals surface area contributed by atoms with Crippen LogP contribution in [-0.2, 0) is 0 Å². The van der Waals surface area contributed by atoms with Gasteiger partial charge in [-0.1, -0.05) is 12.1 Å². The lowest BCUT2D eigenvalue weighted by Gasteiger charge is -2.31. The second-order valence-electron chi connectivity index (χ2n) is 8.88. The van der Waals surface area contributed by atoms with Gasteiger partial charge in [-0.25, -0.2) is 4.98 Å². The summed E-state index contributed by atoms with van der Waals surface area (Å²) >= 11 is 1.44. The van der Waals surface area contributed by atoms with Crippen LogP contribution in [0.2, 0.25) is 0 Å². The molecule has 1 aromatic carbocycles. The Morgan fingerprint density at radius 2 is 2.00 bits per heavy atom. The molecule has 0 bridgehead atoms. The molecular weight excluding hydrogens is 424 g/mol. The largest absolute Gasteiger partial charge is 0.355 e. The Labute approximate surface area is 188 Å². The Hall–Kier alpha value is -3.04. The summed E-state index contributed by atoms with van der Waals surface area (Å²) in [5.74, 6) is 1.54. The van der Waals surface area contributed by atoms with Crippen molar-refractivity contribution in [2.24, 2.45) is 11.8 Å². The molecule has 5 heterocycles. The zero-order valence-electron chi connectivity index (χ0n) is 18.0. The summed E-state index contributed by atoms with van der Waals surface area (Å²) in [4.78, 5) is 40.7. The number of nitrogens with zero attached hydrogens (tertiary/aromatic N) is 5. The predicted molar refractivity (Wildman–Crippen MR) is 127 cm³/mol. The molecule has 8 nitrogen and oxygen atoms in total. The summed E-state index contributed by atoms with van der Waals surface area (Å²) in [6.07, 6.45) is 2.79. The van der Waals surface area contributed by atoms with E-state index in [1.165, 1.54) is 17.8 Å². The molecular formula is C23H24N6O2S. The number of nitrogens with one attached hydrogen (secondary N) is 1. The Morgan fingerprint density at radius 1 is 1.19 bits per heavy atom. The first kappa shape index (κ1) is 19.6. The number of thiazole rings is 1. The topological polar surface area (TPSA) is 82.8 Å². The molecule has 6 rings (SSSR count). The van der Waals surface area contributed by atoms with Crippen LogP contribution in [0, 0.1) is 11.8 Å². The number of amides is 1. The minimum atomic E-state index is -0.391. The Kier molecular flexibility index (Phi) is 4.44. The number of anilines is 1. The highest BCUT2D eigenvalue weighted by Crippen LogP contribution is 2.34. The fourth-order valence-electron chi connectivity index (χ4n) is 5.28. The molecule has 3 aromatic heterocycles. The molecule has 0 spiro atoms. The highest BCUT2D eigenvalue weighted by atomic mass is 32.1. The molecule has 2 aliphatic rings. The van der Waals surface area contributed by atoms with Gasteiger partial charge >= 0.3 is 0 Å². The van der Waals surface area contributed by atoms with Crippen molar-refractivity contribution in [2.45, 2.75) is 6.42 Å². The van der Waals surface area contributed by atoms with Gasteiger partial charge in [-0.3, -0.25) is 14.0 Å². The van der Waals surface area contributed by atoms with Gasteiger partial charge in [0.15, 0.2) is 5.65 Å². The molecule has 32 heavy (non-hydrogen) atoms. The van der Waals surface area contributed by atoms with E-state index >= 15 is 0 Å². The quantitative estimate of drug-likeness (QED) is 0.506. The molecule has 2 unspecified atom stereocenters. The van der Waals surface area contributed by atoms with E-state index in [0.29, 0.717) is 33.6 Å². The van der Waals surface area contributed by atoms with Crippen LogP contribution in [0.25, 0.3) is 26.1 Å². The van der Waals surface area contributed by atoms with Crippen molar-refractivity contribution in [3.63, 3.8) is 0 Å². The normalized spacial score (nSPS) is 21.5. The molecule has 0 radical (unpaired) electrons. The van der Waals surface area contributed by atoms with E-state index in [4.69, 9.17) is 4.98 Å². The number of carbonyl (C=O) groups excluding carboxylic acids is 1. The number of rotatable bonds is 2. The van der Waals surface area contributed by atoms with Gasteiger partial charge in [0.1, 0.15) is 10.4 Å². The van der Waals surface area contributed by atoms with Crippen LogP contribution in [0.3, 0.4) is 0 Å². The van der Waals surface area contributed by atoms with E-state index in [0.717, 1.165) is 36.4 Å². The standard InChI is InChI=1S/C23H24N6O2S/c1-24-21(31)18-19(30)15-9-25-23(28-11-13-7-8-27(2)10-14(13)12-28)26-20(15)29-16-5-3-4-6-17(16)32-22(18)29/h3-6,9,13-14H,7-8,10-12H2,1-2H3,(H,24,31). The average molecular weight is 449 g/mol. The highest BCUT2D eigenvalue weighted by molar-refractivity contribution is 7.24. The maximum absolute atomic E-state index is 13.3. The third-order valence-electron chi connectivity index (χ3n) is 6.91. The third kappa shape index (κ3) is 2.84. The molecule has 2 saturated heterocycles. The van der Waals surface area contributed by atoms with E-state index in [1.54, 1.807) is 13.2 Å². The molecule has 9 heteroatoms. The van der Waals surface area contributed by atoms with Crippen molar-refractivity contribution in [1.29, 1.82) is 0 Å². The van der Waals surface area contributed by atoms with Crippen molar-refractivity contribution in [3.8, 4) is 0 Å². The van der Waals surface area contributed by atoms with Crippen LogP contribution in [0.5, 0.6) is 0 Å². The number of aromatic nitrogens is 3. The zero-order valence-corrected chi connectivity index (χ0v) is 18.9. The summed E-state index contributed by atoms with van der Waals surface area (Å²) in [5, 5.41) is 2.98. The van der Waals surface area contributed by atoms with Crippen LogP contribution in [-0.4, -0.2) is 65.5 Å². The number of benzene rings is 1. The summed E-state index contributed by atoms with van der Waals surface area (Å²) in [5.41, 5.74) is 1.32. The van der Waals surface area contributed by atoms with E-state index < -0.39 is 5.91 Å². The lowest BCUT2D eigenvalue weighted by atomic mass is 9.89. The SMILES string of the molecule is CNC(=O)c1c(=O)c2cnc(N3CC4CCN(C)CC4C3)nc2n2c1sc1ccccc12. The Balaban J connectivity index is 1.57. The van der Waals surface area contributed by atoms with Gasteiger partial charge in [-0.05, 0) is 44.0 Å². The molecule has 164 valence electrons. The first-order chi connectivity index (χ1) is 15.5. The molecule has 2 atom stereocenters. The van der Waals surface area contributed by atoms with Gasteiger partial charge in [-0.15, -0.1) is 11.3 Å². The lowest BCUT2D eigenvalue weighted by Crippen LogP contribution is -2.37. The summed E-state index contributed by atoms with van der Waals surface area (Å²) in [6.45, 7) is 4.11.